The van der Waals surface area contributed by atoms with Gasteiger partial charge in [0.15, 0.2) is 0 Å². The Hall–Kier alpha value is -2.25. The first-order chi connectivity index (χ1) is 13.7. The molecule has 0 aliphatic carbocycles. The molecule has 1 unspecified atom stereocenters. The summed E-state index contributed by atoms with van der Waals surface area (Å²) in [7, 11) is 3.17. The molecule has 7 heteroatoms. The van der Waals surface area contributed by atoms with Gasteiger partial charge in [0.2, 0.25) is 0 Å². The lowest BCUT2D eigenvalue weighted by atomic mass is 10.1. The maximum absolute atomic E-state index is 12.5. The van der Waals surface area contributed by atoms with E-state index in [1.165, 1.54) is 31.2 Å². The molecule has 28 heavy (non-hydrogen) atoms. The molecule has 6 nitrogen and oxygen atoms in total. The second-order valence-electron chi connectivity index (χ2n) is 6.92. The van der Waals surface area contributed by atoms with Gasteiger partial charge in [-0.15, -0.1) is 0 Å². The molecule has 0 radical (unpaired) electrons. The van der Waals surface area contributed by atoms with E-state index in [2.05, 4.69) is 32.4 Å². The van der Waals surface area contributed by atoms with Gasteiger partial charge in [0, 0.05) is 12.6 Å². The van der Waals surface area contributed by atoms with Gasteiger partial charge in [0.05, 0.1) is 25.9 Å². The van der Waals surface area contributed by atoms with Crippen LogP contribution < -0.4 is 20.1 Å². The summed E-state index contributed by atoms with van der Waals surface area (Å²) in [4.78, 5) is 15.0. The van der Waals surface area contributed by atoms with E-state index in [-0.39, 0.29) is 12.1 Å². The van der Waals surface area contributed by atoms with E-state index in [9.17, 15) is 4.79 Å². The average Bonchev–Trinajstić information content (AvgIpc) is 3.11. The van der Waals surface area contributed by atoms with Crippen LogP contribution in [-0.4, -0.2) is 44.8 Å². The monoisotopic (exact) mass is 403 g/mol. The third-order valence-electron chi connectivity index (χ3n) is 5.12. The molecule has 1 aromatic carbocycles. The molecule has 2 N–H and O–H groups in total. The molecule has 2 aromatic rings. The van der Waals surface area contributed by atoms with Gasteiger partial charge in [-0.25, -0.2) is 4.79 Å². The van der Waals surface area contributed by atoms with Gasteiger partial charge in [0.1, 0.15) is 11.5 Å². The number of ether oxygens (including phenoxy) is 2. The number of carbonyl (C=O) groups is 1. The molecule has 1 aromatic heterocycles. The Bertz CT molecular complexity index is 743. The van der Waals surface area contributed by atoms with Gasteiger partial charge in [-0.1, -0.05) is 12.8 Å². The Balaban J connectivity index is 1.63. The Morgan fingerprint density at radius 2 is 1.93 bits per heavy atom. The minimum atomic E-state index is -0.237. The van der Waals surface area contributed by atoms with Crippen molar-refractivity contribution in [1.82, 2.24) is 10.2 Å². The largest absolute Gasteiger partial charge is 0.497 e. The lowest BCUT2D eigenvalue weighted by Gasteiger charge is -2.30. The van der Waals surface area contributed by atoms with Crippen LogP contribution in [0.3, 0.4) is 0 Å². The van der Waals surface area contributed by atoms with Crippen molar-refractivity contribution in [1.29, 1.82) is 0 Å². The van der Waals surface area contributed by atoms with E-state index in [1.54, 1.807) is 43.8 Å². The zero-order valence-corrected chi connectivity index (χ0v) is 17.4. The van der Waals surface area contributed by atoms with Crippen LogP contribution in [0.4, 0.5) is 10.5 Å². The zero-order chi connectivity index (χ0) is 19.8. The summed E-state index contributed by atoms with van der Waals surface area (Å²) in [6, 6.07) is 7.45. The van der Waals surface area contributed by atoms with Crippen LogP contribution in [0.1, 0.15) is 37.3 Å². The summed E-state index contributed by atoms with van der Waals surface area (Å²) in [5.41, 5.74) is 1.89. The number of urea groups is 1. The third-order valence-corrected chi connectivity index (χ3v) is 5.82. The lowest BCUT2D eigenvalue weighted by molar-refractivity contribution is 0.199. The maximum Gasteiger partial charge on any atom is 0.319 e. The van der Waals surface area contributed by atoms with Crippen LogP contribution in [0.2, 0.25) is 0 Å². The van der Waals surface area contributed by atoms with Crippen LogP contribution in [0.15, 0.2) is 35.0 Å². The highest BCUT2D eigenvalue weighted by molar-refractivity contribution is 7.07. The first-order valence-corrected chi connectivity index (χ1v) is 10.7. The number of hydrogen-bond donors (Lipinski definition) is 2. The van der Waals surface area contributed by atoms with Crippen molar-refractivity contribution in [3.63, 3.8) is 0 Å². The average molecular weight is 404 g/mol. The molecule has 1 saturated heterocycles. The lowest BCUT2D eigenvalue weighted by Crippen LogP contribution is -2.40. The van der Waals surface area contributed by atoms with Crippen molar-refractivity contribution >= 4 is 23.1 Å². The fourth-order valence-corrected chi connectivity index (χ4v) is 4.29. The van der Waals surface area contributed by atoms with Crippen LogP contribution in [-0.2, 0) is 0 Å². The number of anilines is 1. The highest BCUT2D eigenvalue weighted by Gasteiger charge is 2.22. The normalized spacial score (nSPS) is 16.1. The summed E-state index contributed by atoms with van der Waals surface area (Å²) >= 11 is 1.70. The van der Waals surface area contributed by atoms with Gasteiger partial charge in [0.25, 0.3) is 0 Å². The Labute approximate surface area is 170 Å². The zero-order valence-electron chi connectivity index (χ0n) is 16.6. The first kappa shape index (κ1) is 20.5. The summed E-state index contributed by atoms with van der Waals surface area (Å²) < 4.78 is 10.6. The predicted molar refractivity (Wildman–Crippen MR) is 114 cm³/mol. The molecule has 2 amide bonds. The topological polar surface area (TPSA) is 62.8 Å². The molecule has 1 atom stereocenters. The number of amides is 2. The van der Waals surface area contributed by atoms with Gasteiger partial charge >= 0.3 is 6.03 Å². The Morgan fingerprint density at radius 1 is 1.14 bits per heavy atom. The second kappa shape index (κ2) is 10.3. The molecule has 0 spiro atoms. The molecule has 0 saturated carbocycles. The van der Waals surface area contributed by atoms with Crippen molar-refractivity contribution in [2.45, 2.75) is 31.7 Å². The SMILES string of the molecule is COc1ccc(NC(=O)NCC(c2ccsc2)N2CCCCCC2)c(OC)c1. The van der Waals surface area contributed by atoms with Gasteiger partial charge in [-0.2, -0.15) is 11.3 Å². The summed E-state index contributed by atoms with van der Waals surface area (Å²) in [5, 5.41) is 10.2. The third kappa shape index (κ3) is 5.39. The molecule has 0 bridgehead atoms. The highest BCUT2D eigenvalue weighted by Crippen LogP contribution is 2.29. The molecule has 3 rings (SSSR count). The minimum absolute atomic E-state index is 0.202. The molecular weight excluding hydrogens is 374 g/mol. The van der Waals surface area contributed by atoms with Gasteiger partial charge < -0.3 is 20.1 Å². The number of hydrogen-bond acceptors (Lipinski definition) is 5. The van der Waals surface area contributed by atoms with E-state index in [0.29, 0.717) is 23.7 Å². The quantitative estimate of drug-likeness (QED) is 0.714. The second-order valence-corrected chi connectivity index (χ2v) is 7.70. The van der Waals surface area contributed by atoms with E-state index >= 15 is 0 Å². The van der Waals surface area contributed by atoms with E-state index in [4.69, 9.17) is 9.47 Å². The van der Waals surface area contributed by atoms with E-state index in [0.717, 1.165) is 13.1 Å². The number of thiophene rings is 1. The standard InChI is InChI=1S/C21H29N3O3S/c1-26-17-7-8-18(20(13-17)27-2)23-21(25)22-14-19(16-9-12-28-15-16)24-10-5-3-4-6-11-24/h7-9,12-13,15,19H,3-6,10-11,14H2,1-2H3,(H2,22,23,25). The summed E-state index contributed by atoms with van der Waals surface area (Å²) in [6.07, 6.45) is 5.02. The molecule has 1 fully saturated rings. The van der Waals surface area contributed by atoms with Gasteiger partial charge in [-0.05, 0) is 60.5 Å². The number of likely N-dealkylation sites (tertiary alicyclic amines) is 1. The summed E-state index contributed by atoms with van der Waals surface area (Å²) in [6.45, 7) is 2.73. The first-order valence-electron chi connectivity index (χ1n) is 9.74. The maximum atomic E-state index is 12.5. The van der Waals surface area contributed by atoms with Gasteiger partial charge in [-0.3, -0.25) is 4.90 Å². The molecular formula is C21H29N3O3S. The van der Waals surface area contributed by atoms with Crippen LogP contribution in [0.25, 0.3) is 0 Å². The van der Waals surface area contributed by atoms with E-state index in [1.807, 2.05) is 0 Å². The van der Waals surface area contributed by atoms with Crippen LogP contribution in [0, 0.1) is 0 Å². The molecule has 1 aliphatic heterocycles. The predicted octanol–water partition coefficient (Wildman–Crippen LogP) is 4.50. The fourth-order valence-electron chi connectivity index (χ4n) is 3.59. The van der Waals surface area contributed by atoms with Crippen molar-refractivity contribution in [2.24, 2.45) is 0 Å². The number of methoxy groups -OCH3 is 2. The van der Waals surface area contributed by atoms with Crippen LogP contribution >= 0.6 is 11.3 Å². The van der Waals surface area contributed by atoms with Crippen molar-refractivity contribution < 1.29 is 14.3 Å². The Kier molecular flexibility index (Phi) is 7.56. The number of benzene rings is 1. The van der Waals surface area contributed by atoms with Crippen molar-refractivity contribution in [2.75, 3.05) is 39.2 Å². The minimum Gasteiger partial charge on any atom is -0.497 e. The number of rotatable bonds is 7. The van der Waals surface area contributed by atoms with Crippen molar-refractivity contribution in [3.8, 4) is 11.5 Å². The number of nitrogens with zero attached hydrogens (tertiary/aromatic N) is 1. The number of nitrogens with one attached hydrogen (secondary N) is 2. The Morgan fingerprint density at radius 3 is 2.57 bits per heavy atom. The van der Waals surface area contributed by atoms with E-state index < -0.39 is 0 Å². The summed E-state index contributed by atoms with van der Waals surface area (Å²) in [5.74, 6) is 1.25. The number of carbonyl (C=O) groups excluding carboxylic acids is 1. The fraction of sp³-hybridized carbons (Fsp3) is 0.476. The highest BCUT2D eigenvalue weighted by atomic mass is 32.1. The smallest absolute Gasteiger partial charge is 0.319 e. The molecule has 2 heterocycles. The molecule has 152 valence electrons. The van der Waals surface area contributed by atoms with Crippen molar-refractivity contribution in [3.05, 3.63) is 40.6 Å². The van der Waals surface area contributed by atoms with Crippen LogP contribution in [0.5, 0.6) is 11.5 Å². The molecule has 1 aliphatic rings.